The molecule has 1 aromatic rings. The van der Waals surface area contributed by atoms with E-state index in [0.29, 0.717) is 29.9 Å². The van der Waals surface area contributed by atoms with Crippen LogP contribution >= 0.6 is 11.8 Å². The van der Waals surface area contributed by atoms with Gasteiger partial charge >= 0.3 is 5.97 Å². The minimum atomic E-state index is -1.06. The molecule has 0 aliphatic carbocycles. The summed E-state index contributed by atoms with van der Waals surface area (Å²) >= 11 is 1.52. The molecule has 6 nitrogen and oxygen atoms in total. The molecule has 0 saturated heterocycles. The highest BCUT2D eigenvalue weighted by atomic mass is 32.2. The van der Waals surface area contributed by atoms with E-state index in [9.17, 15) is 14.4 Å². The third-order valence-corrected chi connectivity index (χ3v) is 3.83. The molecule has 0 heterocycles. The molecule has 0 spiro atoms. The smallest absolute Gasteiger partial charge is 0.326 e. The number of amides is 1. The van der Waals surface area contributed by atoms with Gasteiger partial charge in [0, 0.05) is 5.56 Å². The lowest BCUT2D eigenvalue weighted by atomic mass is 10.2. The molecule has 0 saturated carbocycles. The summed E-state index contributed by atoms with van der Waals surface area (Å²) in [4.78, 5) is 34.0. The lowest BCUT2D eigenvalue weighted by molar-refractivity contribution is -0.143. The van der Waals surface area contributed by atoms with Crippen LogP contribution in [0.5, 0.6) is 5.75 Å². The van der Waals surface area contributed by atoms with Crippen molar-refractivity contribution in [3.8, 4) is 5.75 Å². The van der Waals surface area contributed by atoms with Gasteiger partial charge in [0.1, 0.15) is 18.1 Å². The Hall–Kier alpha value is -2.02. The number of nitrogens with one attached hydrogen (secondary N) is 1. The Morgan fingerprint density at radius 1 is 1.35 bits per heavy atom. The van der Waals surface area contributed by atoms with Crippen LogP contribution in [0.4, 0.5) is 0 Å². The normalized spacial score (nSPS) is 13.0. The molecule has 2 unspecified atom stereocenters. The van der Waals surface area contributed by atoms with Crippen LogP contribution in [0.25, 0.3) is 0 Å². The summed E-state index contributed by atoms with van der Waals surface area (Å²) in [5.74, 6) is -0.422. The number of hydrogen-bond donors (Lipinski definition) is 2. The van der Waals surface area contributed by atoms with Crippen LogP contribution in [-0.4, -0.2) is 47.4 Å². The van der Waals surface area contributed by atoms with Gasteiger partial charge < -0.3 is 15.2 Å². The molecule has 2 atom stereocenters. The maximum absolute atomic E-state index is 12.2. The Balaban J connectivity index is 2.68. The molecule has 7 heteroatoms. The second-order valence-electron chi connectivity index (χ2n) is 4.88. The van der Waals surface area contributed by atoms with E-state index in [0.717, 1.165) is 6.29 Å². The first-order valence-corrected chi connectivity index (χ1v) is 8.65. The van der Waals surface area contributed by atoms with Gasteiger partial charge in [-0.2, -0.15) is 11.8 Å². The quantitative estimate of drug-likeness (QED) is 0.633. The third-order valence-electron chi connectivity index (χ3n) is 3.18. The van der Waals surface area contributed by atoms with E-state index in [4.69, 9.17) is 9.84 Å². The first kappa shape index (κ1) is 19.0. The lowest BCUT2D eigenvalue weighted by Gasteiger charge is -2.20. The maximum atomic E-state index is 12.2. The number of rotatable bonds is 10. The zero-order chi connectivity index (χ0) is 17.2. The molecule has 23 heavy (non-hydrogen) atoms. The van der Waals surface area contributed by atoms with E-state index in [1.807, 2.05) is 6.26 Å². The summed E-state index contributed by atoms with van der Waals surface area (Å²) in [6.45, 7) is 1.78. The van der Waals surface area contributed by atoms with E-state index >= 15 is 0 Å². The van der Waals surface area contributed by atoms with E-state index in [-0.39, 0.29) is 0 Å². The zero-order valence-corrected chi connectivity index (χ0v) is 14.0. The molecule has 0 bridgehead atoms. The van der Waals surface area contributed by atoms with Gasteiger partial charge in [0.05, 0.1) is 0 Å². The van der Waals surface area contributed by atoms with Gasteiger partial charge in [-0.05, 0) is 49.1 Å². The summed E-state index contributed by atoms with van der Waals surface area (Å²) in [5.41, 5.74) is 0.512. The lowest BCUT2D eigenvalue weighted by Crippen LogP contribution is -2.47. The predicted octanol–water partition coefficient (Wildman–Crippen LogP) is 1.98. The molecule has 2 N–H and O–H groups in total. The molecule has 0 fully saturated rings. The molecule has 1 amide bonds. The first-order valence-electron chi connectivity index (χ1n) is 7.25. The topological polar surface area (TPSA) is 92.7 Å². The summed E-state index contributed by atoms with van der Waals surface area (Å²) in [6, 6.07) is 5.45. The first-order chi connectivity index (χ1) is 11.0. The molecule has 0 aliphatic rings. The standard InChI is InChI=1S/C16H21NO5S/c1-3-14(22-12-6-4-11(10-18)5-7-12)15(19)17-13(16(20)21)8-9-23-2/h4-7,10,13-14H,3,8-9H2,1-2H3,(H,17,19)(H,20,21). The van der Waals surface area contributed by atoms with Gasteiger partial charge in [-0.15, -0.1) is 0 Å². The van der Waals surface area contributed by atoms with Crippen molar-refractivity contribution in [3.05, 3.63) is 29.8 Å². The summed E-state index contributed by atoms with van der Waals surface area (Å²) < 4.78 is 5.58. The Labute approximate surface area is 139 Å². The number of carboxylic acids is 1. The Kier molecular flexibility index (Phi) is 8.18. The van der Waals surface area contributed by atoms with Crippen LogP contribution in [-0.2, 0) is 9.59 Å². The van der Waals surface area contributed by atoms with E-state index in [1.165, 1.54) is 11.8 Å². The highest BCUT2D eigenvalue weighted by Gasteiger charge is 2.25. The third kappa shape index (κ3) is 6.32. The van der Waals surface area contributed by atoms with Crippen LogP contribution in [0.3, 0.4) is 0 Å². The van der Waals surface area contributed by atoms with Crippen LogP contribution < -0.4 is 10.1 Å². The molecule has 0 aliphatic heterocycles. The van der Waals surface area contributed by atoms with Gasteiger partial charge in [-0.25, -0.2) is 4.79 Å². The van der Waals surface area contributed by atoms with Gasteiger partial charge in [0.2, 0.25) is 0 Å². The van der Waals surface area contributed by atoms with Crippen molar-refractivity contribution in [3.63, 3.8) is 0 Å². The van der Waals surface area contributed by atoms with E-state index in [2.05, 4.69) is 5.32 Å². The summed E-state index contributed by atoms with van der Waals surface area (Å²) in [6.07, 6.45) is 2.56. The highest BCUT2D eigenvalue weighted by Crippen LogP contribution is 2.15. The number of thioether (sulfide) groups is 1. The number of carboxylic acid groups (broad SMARTS) is 1. The van der Waals surface area contributed by atoms with Crippen molar-refractivity contribution >= 4 is 29.9 Å². The van der Waals surface area contributed by atoms with Crippen molar-refractivity contribution in [1.29, 1.82) is 0 Å². The second kappa shape index (κ2) is 9.89. The van der Waals surface area contributed by atoms with Gasteiger partial charge in [-0.3, -0.25) is 9.59 Å². The Morgan fingerprint density at radius 3 is 2.48 bits per heavy atom. The number of carbonyl (C=O) groups is 3. The van der Waals surface area contributed by atoms with Crippen molar-refractivity contribution in [1.82, 2.24) is 5.32 Å². The molecular formula is C16H21NO5S. The molecular weight excluding hydrogens is 318 g/mol. The Morgan fingerprint density at radius 2 is 2.00 bits per heavy atom. The fourth-order valence-electron chi connectivity index (χ4n) is 1.87. The summed E-state index contributed by atoms with van der Waals surface area (Å²) in [5, 5.41) is 11.7. The minimum absolute atomic E-state index is 0.354. The van der Waals surface area contributed by atoms with Crippen LogP contribution in [0, 0.1) is 0 Å². The number of benzene rings is 1. The molecule has 0 aromatic heterocycles. The van der Waals surface area contributed by atoms with Crippen molar-refractivity contribution < 1.29 is 24.2 Å². The molecule has 1 rings (SSSR count). The number of aldehydes is 1. The Bertz CT molecular complexity index is 532. The SMILES string of the molecule is CCC(Oc1ccc(C=O)cc1)C(=O)NC(CCSC)C(=O)O. The number of carbonyl (C=O) groups excluding carboxylic acids is 2. The van der Waals surface area contributed by atoms with Gasteiger partial charge in [0.15, 0.2) is 6.10 Å². The number of ether oxygens (including phenoxy) is 1. The molecule has 126 valence electrons. The minimum Gasteiger partial charge on any atom is -0.481 e. The zero-order valence-electron chi connectivity index (χ0n) is 13.2. The predicted molar refractivity (Wildman–Crippen MR) is 89.1 cm³/mol. The fraction of sp³-hybridized carbons (Fsp3) is 0.438. The van der Waals surface area contributed by atoms with Crippen molar-refractivity contribution in [2.24, 2.45) is 0 Å². The van der Waals surface area contributed by atoms with Crippen molar-refractivity contribution in [2.45, 2.75) is 31.9 Å². The van der Waals surface area contributed by atoms with Crippen molar-refractivity contribution in [2.75, 3.05) is 12.0 Å². The van der Waals surface area contributed by atoms with Crippen LogP contribution in [0.2, 0.25) is 0 Å². The largest absolute Gasteiger partial charge is 0.481 e. The number of hydrogen-bond acceptors (Lipinski definition) is 5. The monoisotopic (exact) mass is 339 g/mol. The summed E-state index contributed by atoms with van der Waals surface area (Å²) in [7, 11) is 0. The van der Waals surface area contributed by atoms with Crippen LogP contribution in [0.1, 0.15) is 30.1 Å². The molecule has 0 radical (unpaired) electrons. The fourth-order valence-corrected chi connectivity index (χ4v) is 2.34. The number of aliphatic carboxylic acids is 1. The van der Waals surface area contributed by atoms with E-state index in [1.54, 1.807) is 31.2 Å². The molecule has 1 aromatic carbocycles. The van der Waals surface area contributed by atoms with Crippen LogP contribution in [0.15, 0.2) is 24.3 Å². The highest BCUT2D eigenvalue weighted by molar-refractivity contribution is 7.98. The van der Waals surface area contributed by atoms with E-state index < -0.39 is 24.0 Å². The average molecular weight is 339 g/mol. The second-order valence-corrected chi connectivity index (χ2v) is 5.87. The van der Waals surface area contributed by atoms with Gasteiger partial charge in [-0.1, -0.05) is 6.92 Å². The maximum Gasteiger partial charge on any atom is 0.326 e. The average Bonchev–Trinajstić information content (AvgIpc) is 2.56. The van der Waals surface area contributed by atoms with Gasteiger partial charge in [0.25, 0.3) is 5.91 Å².